The van der Waals surface area contributed by atoms with Crippen molar-refractivity contribution >= 4 is 42.4 Å². The molecule has 244 valence electrons. The van der Waals surface area contributed by atoms with Gasteiger partial charge < -0.3 is 31.4 Å². The largest absolute Gasteiger partial charge is 0.475 e. The molecule has 1 aromatic heterocycles. The average molecular weight is 638 g/mol. The summed E-state index contributed by atoms with van der Waals surface area (Å²) in [7, 11) is -4.17. The lowest BCUT2D eigenvalue weighted by molar-refractivity contribution is -0.141. The number of aromatic amines is 1. The number of benzene rings is 1. The minimum Gasteiger partial charge on any atom is -0.466 e. The number of ether oxygens (including phenoxy) is 1. The van der Waals surface area contributed by atoms with Crippen LogP contribution in [0.3, 0.4) is 0 Å². The van der Waals surface area contributed by atoms with Crippen molar-refractivity contribution < 1.29 is 42.1 Å². The van der Waals surface area contributed by atoms with E-state index in [4.69, 9.17) is 24.0 Å². The van der Waals surface area contributed by atoms with E-state index in [1.165, 1.54) is 13.0 Å². The zero-order valence-electron chi connectivity index (χ0n) is 25.5. The van der Waals surface area contributed by atoms with Gasteiger partial charge in [-0.2, -0.15) is 0 Å². The SMILES string of the molecule is C=CCOP(=O)(OCCNC(=O)[C@@H](NC(=O)Cc1c[nH]c2ccccc12)[C@@H](C)CC)OCC(N)C(=O)NCCCOC(C)=O. The summed E-state index contributed by atoms with van der Waals surface area (Å²) in [5.41, 5.74) is 7.57. The Morgan fingerprint density at radius 2 is 1.80 bits per heavy atom. The first-order valence-corrected chi connectivity index (χ1v) is 15.9. The third-order valence-electron chi connectivity index (χ3n) is 6.51. The number of carbonyl (C=O) groups is 4. The molecule has 15 heteroatoms. The normalized spacial score (nSPS) is 14.5. The number of H-pyrrole nitrogens is 1. The summed E-state index contributed by atoms with van der Waals surface area (Å²) in [4.78, 5) is 52.0. The maximum Gasteiger partial charge on any atom is 0.475 e. The minimum atomic E-state index is -4.17. The number of phosphoric ester groups is 1. The van der Waals surface area contributed by atoms with Gasteiger partial charge in [0, 0.05) is 37.1 Å². The summed E-state index contributed by atoms with van der Waals surface area (Å²) in [5, 5.41) is 9.01. The van der Waals surface area contributed by atoms with Crippen molar-refractivity contribution in [3.8, 4) is 0 Å². The molecule has 2 unspecified atom stereocenters. The van der Waals surface area contributed by atoms with E-state index in [1.54, 1.807) is 6.20 Å². The fourth-order valence-electron chi connectivity index (χ4n) is 3.95. The molecule has 2 rings (SSSR count). The van der Waals surface area contributed by atoms with Crippen LogP contribution in [0.25, 0.3) is 10.9 Å². The first-order chi connectivity index (χ1) is 21.0. The van der Waals surface area contributed by atoms with Crippen molar-refractivity contribution in [3.63, 3.8) is 0 Å². The maximum absolute atomic E-state index is 13.1. The van der Waals surface area contributed by atoms with Crippen LogP contribution in [-0.4, -0.2) is 80.3 Å². The molecule has 0 saturated heterocycles. The molecule has 0 aliphatic carbocycles. The Balaban J connectivity index is 1.85. The second-order valence-corrected chi connectivity index (χ2v) is 11.7. The molecule has 0 spiro atoms. The Morgan fingerprint density at radius 1 is 1.07 bits per heavy atom. The summed E-state index contributed by atoms with van der Waals surface area (Å²) < 4.78 is 33.6. The summed E-state index contributed by atoms with van der Waals surface area (Å²) in [6, 6.07) is 5.65. The van der Waals surface area contributed by atoms with E-state index in [2.05, 4.69) is 27.5 Å². The highest BCUT2D eigenvalue weighted by atomic mass is 31.2. The van der Waals surface area contributed by atoms with Crippen LogP contribution < -0.4 is 21.7 Å². The maximum atomic E-state index is 13.1. The number of nitrogens with two attached hydrogens (primary N) is 1. The molecule has 0 saturated carbocycles. The highest BCUT2D eigenvalue weighted by Gasteiger charge is 2.30. The van der Waals surface area contributed by atoms with Gasteiger partial charge in [0.15, 0.2) is 0 Å². The second-order valence-electron chi connectivity index (χ2n) is 10.0. The molecule has 0 aliphatic heterocycles. The molecule has 0 aliphatic rings. The van der Waals surface area contributed by atoms with Crippen molar-refractivity contribution in [2.24, 2.45) is 11.7 Å². The van der Waals surface area contributed by atoms with Gasteiger partial charge in [0.2, 0.25) is 17.7 Å². The van der Waals surface area contributed by atoms with Crippen LogP contribution in [0.5, 0.6) is 0 Å². The van der Waals surface area contributed by atoms with E-state index in [9.17, 15) is 23.7 Å². The van der Waals surface area contributed by atoms with Crippen molar-refractivity contribution in [2.75, 3.05) is 39.5 Å². The van der Waals surface area contributed by atoms with Crippen LogP contribution in [-0.2, 0) is 48.5 Å². The lowest BCUT2D eigenvalue weighted by atomic mass is 9.98. The van der Waals surface area contributed by atoms with Crippen molar-refractivity contribution in [3.05, 3.63) is 48.7 Å². The third-order valence-corrected chi connectivity index (χ3v) is 7.94. The van der Waals surface area contributed by atoms with Gasteiger partial charge in [0.1, 0.15) is 12.1 Å². The van der Waals surface area contributed by atoms with E-state index < -0.39 is 44.3 Å². The molecule has 1 heterocycles. The van der Waals surface area contributed by atoms with E-state index in [0.717, 1.165) is 16.5 Å². The smallest absolute Gasteiger partial charge is 0.466 e. The topological polar surface area (TPSA) is 200 Å². The minimum absolute atomic E-state index is 0.0657. The monoisotopic (exact) mass is 637 g/mol. The van der Waals surface area contributed by atoms with Crippen LogP contribution in [0.1, 0.15) is 39.2 Å². The number of nitrogens with one attached hydrogen (secondary N) is 4. The van der Waals surface area contributed by atoms with Gasteiger partial charge in [0.25, 0.3) is 0 Å². The first kappa shape index (κ1) is 36.6. The number of amides is 3. The van der Waals surface area contributed by atoms with E-state index in [-0.39, 0.29) is 51.2 Å². The third kappa shape index (κ3) is 12.6. The first-order valence-electron chi connectivity index (χ1n) is 14.4. The zero-order valence-corrected chi connectivity index (χ0v) is 26.4. The Bertz CT molecular complexity index is 1300. The lowest BCUT2D eigenvalue weighted by Crippen LogP contribution is -2.51. The number of para-hydroxylation sites is 1. The number of fused-ring (bicyclic) bond motifs is 1. The van der Waals surface area contributed by atoms with Gasteiger partial charge in [-0.3, -0.25) is 32.7 Å². The Labute approximate surface area is 257 Å². The van der Waals surface area contributed by atoms with E-state index >= 15 is 0 Å². The molecule has 0 bridgehead atoms. The highest BCUT2D eigenvalue weighted by molar-refractivity contribution is 7.48. The van der Waals surface area contributed by atoms with E-state index in [1.807, 2.05) is 38.1 Å². The number of hydrogen-bond donors (Lipinski definition) is 5. The van der Waals surface area contributed by atoms with Crippen molar-refractivity contribution in [1.29, 1.82) is 0 Å². The summed E-state index contributed by atoms with van der Waals surface area (Å²) in [5.74, 6) is -1.88. The van der Waals surface area contributed by atoms with Crippen LogP contribution in [0.15, 0.2) is 43.1 Å². The van der Waals surface area contributed by atoms with Crippen molar-refractivity contribution in [2.45, 2.75) is 52.1 Å². The quantitative estimate of drug-likeness (QED) is 0.0584. The van der Waals surface area contributed by atoms with Crippen LogP contribution in [0, 0.1) is 5.92 Å². The molecule has 3 amide bonds. The molecular formula is C29H44N5O9P. The van der Waals surface area contributed by atoms with Crippen LogP contribution in [0.2, 0.25) is 0 Å². The predicted molar refractivity (Wildman–Crippen MR) is 164 cm³/mol. The molecule has 14 nitrogen and oxygen atoms in total. The predicted octanol–water partition coefficient (Wildman–Crippen LogP) is 2.10. The molecule has 6 N–H and O–H groups in total. The van der Waals surface area contributed by atoms with Gasteiger partial charge >= 0.3 is 13.8 Å². The fourth-order valence-corrected chi connectivity index (χ4v) is 5.12. The van der Waals surface area contributed by atoms with Gasteiger partial charge in [-0.05, 0) is 24.0 Å². The number of rotatable bonds is 21. The Hall–Kier alpha value is -3.55. The molecule has 0 radical (unpaired) electrons. The lowest BCUT2D eigenvalue weighted by Gasteiger charge is -2.24. The molecular weight excluding hydrogens is 593 g/mol. The average Bonchev–Trinajstić information content (AvgIpc) is 3.41. The van der Waals surface area contributed by atoms with Gasteiger partial charge in [-0.1, -0.05) is 44.5 Å². The standard InChI is InChI=1S/C29H44N5O9P/c1-5-14-41-44(39,43-19-24(30)28(37)31-12-9-15-40-21(4)35)42-16-13-32-29(38)27(20(3)6-2)34-26(36)17-22-18-33-25-11-8-7-10-23(22)25/h5,7-8,10-11,18,20,24,27,33H,1,6,9,12-17,19,30H2,2-4H3,(H,31,37)(H,32,38)(H,34,36)/t20-,24?,27-,44?/m0/s1. The highest BCUT2D eigenvalue weighted by Crippen LogP contribution is 2.49. The molecule has 2 aromatic rings. The molecule has 44 heavy (non-hydrogen) atoms. The number of esters is 1. The van der Waals surface area contributed by atoms with Crippen LogP contribution >= 0.6 is 7.82 Å². The molecule has 1 aromatic carbocycles. The molecule has 0 fully saturated rings. The van der Waals surface area contributed by atoms with E-state index in [0.29, 0.717) is 12.8 Å². The Morgan fingerprint density at radius 3 is 2.50 bits per heavy atom. The number of aromatic nitrogens is 1. The fraction of sp³-hybridized carbons (Fsp3) is 0.517. The summed E-state index contributed by atoms with van der Waals surface area (Å²) >= 11 is 0. The summed E-state index contributed by atoms with van der Waals surface area (Å²) in [6.45, 7) is 7.95. The number of carbonyl (C=O) groups excluding carboxylic acids is 4. The van der Waals surface area contributed by atoms with Crippen molar-refractivity contribution in [1.82, 2.24) is 20.9 Å². The van der Waals surface area contributed by atoms with Gasteiger partial charge in [-0.25, -0.2) is 4.57 Å². The number of phosphoric acid groups is 1. The zero-order chi connectivity index (χ0) is 32.5. The number of hydrogen-bond acceptors (Lipinski definition) is 10. The summed E-state index contributed by atoms with van der Waals surface area (Å²) in [6.07, 6.45) is 4.25. The van der Waals surface area contributed by atoms with Gasteiger partial charge in [-0.15, -0.1) is 6.58 Å². The Kier molecular flexibility index (Phi) is 15.8. The van der Waals surface area contributed by atoms with Gasteiger partial charge in [0.05, 0.1) is 32.8 Å². The second kappa shape index (κ2) is 19.0. The van der Waals surface area contributed by atoms with Crippen LogP contribution in [0.4, 0.5) is 0 Å². The molecule has 4 atom stereocenters.